The Balaban J connectivity index is 1.31. The van der Waals surface area contributed by atoms with Gasteiger partial charge in [0, 0.05) is 57.6 Å². The van der Waals surface area contributed by atoms with Gasteiger partial charge in [-0.05, 0) is 31.7 Å². The van der Waals surface area contributed by atoms with Crippen LogP contribution in [0.1, 0.15) is 25.7 Å². The molecule has 0 bridgehead atoms. The second kappa shape index (κ2) is 6.98. The smallest absolute Gasteiger partial charge is 0.227 e. The summed E-state index contributed by atoms with van der Waals surface area (Å²) in [6.45, 7) is 4.34. The van der Waals surface area contributed by atoms with Crippen molar-refractivity contribution in [1.82, 2.24) is 19.8 Å². The Morgan fingerprint density at radius 3 is 2.20 bits per heavy atom. The third-order valence-corrected chi connectivity index (χ3v) is 5.44. The van der Waals surface area contributed by atoms with Gasteiger partial charge in [0.25, 0.3) is 0 Å². The van der Waals surface area contributed by atoms with Crippen LogP contribution in [-0.4, -0.2) is 70.9 Å². The molecule has 7 heteroatoms. The molecule has 0 spiro atoms. The van der Waals surface area contributed by atoms with Gasteiger partial charge in [-0.3, -0.25) is 9.59 Å². The van der Waals surface area contributed by atoms with Crippen LogP contribution in [0.5, 0.6) is 0 Å². The van der Waals surface area contributed by atoms with E-state index in [9.17, 15) is 9.59 Å². The van der Waals surface area contributed by atoms with E-state index in [4.69, 9.17) is 0 Å². The first kappa shape index (κ1) is 16.3. The molecule has 1 atom stereocenters. The molecule has 0 radical (unpaired) electrons. The number of amides is 2. The van der Waals surface area contributed by atoms with E-state index in [1.165, 1.54) is 0 Å². The number of hydrogen-bond donors (Lipinski definition) is 0. The van der Waals surface area contributed by atoms with Gasteiger partial charge in [0.15, 0.2) is 0 Å². The van der Waals surface area contributed by atoms with Crippen molar-refractivity contribution in [2.75, 3.05) is 44.2 Å². The topological polar surface area (TPSA) is 69.6 Å². The predicted molar refractivity (Wildman–Crippen MR) is 92.9 cm³/mol. The quantitative estimate of drug-likeness (QED) is 0.811. The van der Waals surface area contributed by atoms with Crippen LogP contribution in [0.2, 0.25) is 0 Å². The van der Waals surface area contributed by atoms with Gasteiger partial charge in [-0.1, -0.05) is 0 Å². The van der Waals surface area contributed by atoms with Crippen molar-refractivity contribution in [3.05, 3.63) is 18.5 Å². The molecule has 2 amide bonds. The highest BCUT2D eigenvalue weighted by Crippen LogP contribution is 2.32. The molecule has 134 valence electrons. The maximum atomic E-state index is 12.9. The lowest BCUT2D eigenvalue weighted by molar-refractivity contribution is -0.141. The minimum Gasteiger partial charge on any atom is -0.342 e. The molecule has 1 saturated carbocycles. The van der Waals surface area contributed by atoms with E-state index in [1.54, 1.807) is 18.5 Å². The van der Waals surface area contributed by atoms with E-state index in [-0.39, 0.29) is 23.7 Å². The monoisotopic (exact) mass is 343 g/mol. The van der Waals surface area contributed by atoms with Gasteiger partial charge >= 0.3 is 0 Å². The molecule has 0 unspecified atom stereocenters. The lowest BCUT2D eigenvalue weighted by Gasteiger charge is -2.39. The third-order valence-electron chi connectivity index (χ3n) is 5.44. The maximum absolute atomic E-state index is 12.9. The van der Waals surface area contributed by atoms with Gasteiger partial charge in [0.05, 0.1) is 5.92 Å². The average molecular weight is 343 g/mol. The Hall–Kier alpha value is -2.18. The molecule has 7 nitrogen and oxygen atoms in total. The fourth-order valence-electron chi connectivity index (χ4n) is 3.81. The van der Waals surface area contributed by atoms with Gasteiger partial charge < -0.3 is 14.7 Å². The lowest BCUT2D eigenvalue weighted by atomic mass is 9.95. The summed E-state index contributed by atoms with van der Waals surface area (Å²) >= 11 is 0. The highest BCUT2D eigenvalue weighted by Gasteiger charge is 2.38. The number of aromatic nitrogens is 2. The Bertz CT molecular complexity index is 626. The summed E-state index contributed by atoms with van der Waals surface area (Å²) in [6.07, 6.45) is 7.37. The van der Waals surface area contributed by atoms with Crippen molar-refractivity contribution in [2.45, 2.75) is 25.7 Å². The molecule has 4 rings (SSSR count). The Morgan fingerprint density at radius 2 is 1.52 bits per heavy atom. The minimum atomic E-state index is -0.0315. The summed E-state index contributed by atoms with van der Waals surface area (Å²) in [5.41, 5.74) is 0. The van der Waals surface area contributed by atoms with Crippen molar-refractivity contribution < 1.29 is 9.59 Å². The van der Waals surface area contributed by atoms with E-state index in [0.29, 0.717) is 19.6 Å². The third kappa shape index (κ3) is 3.60. The molecule has 3 fully saturated rings. The summed E-state index contributed by atoms with van der Waals surface area (Å²) in [5, 5.41) is 0. The maximum Gasteiger partial charge on any atom is 0.227 e. The Morgan fingerprint density at radius 1 is 0.840 bits per heavy atom. The van der Waals surface area contributed by atoms with Crippen LogP contribution >= 0.6 is 0 Å². The fourth-order valence-corrected chi connectivity index (χ4v) is 3.81. The number of rotatable bonds is 3. The largest absolute Gasteiger partial charge is 0.342 e. The van der Waals surface area contributed by atoms with Crippen LogP contribution in [0.15, 0.2) is 18.5 Å². The zero-order chi connectivity index (χ0) is 17.2. The number of carbonyl (C=O) groups excluding carboxylic acids is 2. The van der Waals surface area contributed by atoms with Crippen LogP contribution in [0.4, 0.5) is 5.95 Å². The van der Waals surface area contributed by atoms with Gasteiger partial charge in [-0.2, -0.15) is 0 Å². The molecular formula is C18H25N5O2. The van der Waals surface area contributed by atoms with Gasteiger partial charge in [0.2, 0.25) is 17.8 Å². The van der Waals surface area contributed by atoms with E-state index >= 15 is 0 Å². The Kier molecular flexibility index (Phi) is 4.55. The highest BCUT2D eigenvalue weighted by molar-refractivity contribution is 5.83. The summed E-state index contributed by atoms with van der Waals surface area (Å²) in [7, 11) is 0. The lowest BCUT2D eigenvalue weighted by Crippen LogP contribution is -2.53. The highest BCUT2D eigenvalue weighted by atomic mass is 16.2. The Labute approximate surface area is 148 Å². The summed E-state index contributed by atoms with van der Waals surface area (Å²) < 4.78 is 0. The number of hydrogen-bond acceptors (Lipinski definition) is 5. The molecule has 25 heavy (non-hydrogen) atoms. The van der Waals surface area contributed by atoms with Crippen molar-refractivity contribution in [3.8, 4) is 0 Å². The summed E-state index contributed by atoms with van der Waals surface area (Å²) in [5.74, 6) is 1.41. The predicted octanol–water partition coefficient (Wildman–Crippen LogP) is 0.774. The summed E-state index contributed by atoms with van der Waals surface area (Å²) in [6, 6.07) is 1.81. The zero-order valence-electron chi connectivity index (χ0n) is 14.5. The number of likely N-dealkylation sites (tertiary alicyclic amines) is 1. The molecule has 2 saturated heterocycles. The number of carbonyl (C=O) groups is 2. The van der Waals surface area contributed by atoms with Crippen molar-refractivity contribution >= 4 is 17.8 Å². The molecule has 1 aliphatic carbocycles. The normalized spacial score (nSPS) is 24.3. The van der Waals surface area contributed by atoms with Crippen LogP contribution in [0, 0.1) is 11.8 Å². The van der Waals surface area contributed by atoms with Crippen molar-refractivity contribution in [3.63, 3.8) is 0 Å². The average Bonchev–Trinajstić information content (AvgIpc) is 3.53. The SMILES string of the molecule is O=C(C1CC1)N1CCC[C@H](C(=O)N2CCN(c3ncccn3)CC2)C1. The van der Waals surface area contributed by atoms with Crippen LogP contribution in [0.3, 0.4) is 0 Å². The van der Waals surface area contributed by atoms with E-state index in [1.807, 2.05) is 9.80 Å². The van der Waals surface area contributed by atoms with Gasteiger partial charge in [-0.25, -0.2) is 9.97 Å². The number of piperidine rings is 1. The minimum absolute atomic E-state index is 0.0315. The van der Waals surface area contributed by atoms with Crippen LogP contribution in [-0.2, 0) is 9.59 Å². The molecule has 0 aromatic carbocycles. The first-order valence-corrected chi connectivity index (χ1v) is 9.32. The molecule has 2 aliphatic heterocycles. The van der Waals surface area contributed by atoms with Gasteiger partial charge in [-0.15, -0.1) is 0 Å². The summed E-state index contributed by atoms with van der Waals surface area (Å²) in [4.78, 5) is 39.7. The van der Waals surface area contributed by atoms with Crippen molar-refractivity contribution in [2.24, 2.45) is 11.8 Å². The fraction of sp³-hybridized carbons (Fsp3) is 0.667. The zero-order valence-corrected chi connectivity index (χ0v) is 14.5. The second-order valence-electron chi connectivity index (χ2n) is 7.26. The number of piperazine rings is 1. The van der Waals surface area contributed by atoms with E-state index < -0.39 is 0 Å². The molecule has 3 heterocycles. The van der Waals surface area contributed by atoms with Crippen LogP contribution < -0.4 is 4.90 Å². The number of anilines is 1. The van der Waals surface area contributed by atoms with Crippen molar-refractivity contribution in [1.29, 1.82) is 0 Å². The van der Waals surface area contributed by atoms with Gasteiger partial charge in [0.1, 0.15) is 0 Å². The van der Waals surface area contributed by atoms with E-state index in [2.05, 4.69) is 14.9 Å². The molecular weight excluding hydrogens is 318 g/mol. The van der Waals surface area contributed by atoms with Crippen LogP contribution in [0.25, 0.3) is 0 Å². The molecule has 3 aliphatic rings. The van der Waals surface area contributed by atoms with E-state index in [0.717, 1.165) is 51.3 Å². The molecule has 0 N–H and O–H groups in total. The molecule has 1 aromatic rings. The standard InChI is InChI=1S/C18H25N5O2/c24-16(14-4-5-14)23-8-1-3-15(13-23)17(25)21-9-11-22(12-10-21)18-19-6-2-7-20-18/h2,6-7,14-15H,1,3-5,8-13H2/t15-/m0/s1. The molecule has 1 aromatic heterocycles. The first-order chi connectivity index (χ1) is 12.2. The first-order valence-electron chi connectivity index (χ1n) is 9.32. The second-order valence-corrected chi connectivity index (χ2v) is 7.26. The number of nitrogens with zero attached hydrogens (tertiary/aromatic N) is 5.